The van der Waals surface area contributed by atoms with Gasteiger partial charge in [0, 0.05) is 17.1 Å². The average Bonchev–Trinajstić information content (AvgIpc) is 3.19. The fourth-order valence-electron chi connectivity index (χ4n) is 3.04. The minimum Gasteiger partial charge on any atom is -0.496 e. The highest BCUT2D eigenvalue weighted by molar-refractivity contribution is 7.89. The minimum atomic E-state index is -3.80. The molecule has 7 nitrogen and oxygen atoms in total. The van der Waals surface area contributed by atoms with Crippen LogP contribution in [0, 0.1) is 0 Å². The number of nitrogens with zero attached hydrogens (tertiary/aromatic N) is 2. The van der Waals surface area contributed by atoms with E-state index in [2.05, 4.69) is 10.5 Å². The third kappa shape index (κ3) is 4.35. The first-order valence-electron chi connectivity index (χ1n) is 8.67. The highest BCUT2D eigenvalue weighted by atomic mass is 35.5. The molecule has 0 unspecified atom stereocenters. The van der Waals surface area contributed by atoms with Crippen LogP contribution in [0.15, 0.2) is 58.5 Å². The number of halogens is 1. The molecule has 0 radical (unpaired) electrons. The van der Waals surface area contributed by atoms with Crippen LogP contribution in [-0.2, 0) is 14.8 Å². The average molecular weight is 422 g/mol. The second-order valence-electron chi connectivity index (χ2n) is 6.20. The Morgan fingerprint density at radius 2 is 1.96 bits per heavy atom. The standard InChI is InChI=1S/C19H20ClN3O4S/c1-27-18-7-3-2-5-14(18)13-21-22-19(24)17-6-4-12-23(17)28(25,26)16-10-8-15(20)9-11-16/h2-3,5,7-11,13,17H,4,6,12H2,1H3,(H,22,24)/b21-13-/t17-/m1/s1. The smallest absolute Gasteiger partial charge is 0.258 e. The summed E-state index contributed by atoms with van der Waals surface area (Å²) in [6, 6.07) is 12.3. The van der Waals surface area contributed by atoms with Gasteiger partial charge < -0.3 is 4.74 Å². The second kappa shape index (κ2) is 8.72. The lowest BCUT2D eigenvalue weighted by Crippen LogP contribution is -2.44. The molecule has 0 saturated carbocycles. The molecule has 1 amide bonds. The zero-order valence-corrected chi connectivity index (χ0v) is 16.8. The predicted octanol–water partition coefficient (Wildman–Crippen LogP) is 2.65. The molecule has 1 heterocycles. The Morgan fingerprint density at radius 3 is 2.68 bits per heavy atom. The molecule has 0 aromatic heterocycles. The van der Waals surface area contributed by atoms with Crippen LogP contribution in [0.25, 0.3) is 0 Å². The zero-order chi connectivity index (χ0) is 20.1. The van der Waals surface area contributed by atoms with E-state index in [0.29, 0.717) is 29.2 Å². The summed E-state index contributed by atoms with van der Waals surface area (Å²) < 4.78 is 32.2. The number of para-hydroxylation sites is 1. The van der Waals surface area contributed by atoms with E-state index in [1.165, 1.54) is 34.8 Å². The van der Waals surface area contributed by atoms with Gasteiger partial charge in [0.2, 0.25) is 10.0 Å². The van der Waals surface area contributed by atoms with Crippen LogP contribution in [0.1, 0.15) is 18.4 Å². The Bertz CT molecular complexity index is 977. The Labute approximate surface area is 169 Å². The highest BCUT2D eigenvalue weighted by Gasteiger charge is 2.39. The van der Waals surface area contributed by atoms with Crippen molar-refractivity contribution in [2.75, 3.05) is 13.7 Å². The van der Waals surface area contributed by atoms with Gasteiger partial charge in [-0.15, -0.1) is 0 Å². The number of hydrogen-bond acceptors (Lipinski definition) is 5. The summed E-state index contributed by atoms with van der Waals surface area (Å²) in [7, 11) is -2.25. The summed E-state index contributed by atoms with van der Waals surface area (Å²) in [5.41, 5.74) is 3.13. The van der Waals surface area contributed by atoms with Crippen LogP contribution in [-0.4, -0.2) is 44.5 Å². The van der Waals surface area contributed by atoms with E-state index in [0.717, 1.165) is 0 Å². The van der Waals surface area contributed by atoms with E-state index < -0.39 is 22.0 Å². The van der Waals surface area contributed by atoms with Gasteiger partial charge in [-0.3, -0.25) is 4.79 Å². The van der Waals surface area contributed by atoms with E-state index >= 15 is 0 Å². The molecule has 0 spiro atoms. The maximum atomic E-state index is 12.9. The summed E-state index contributed by atoms with van der Waals surface area (Å²) in [4.78, 5) is 12.7. The molecule has 0 bridgehead atoms. The number of hydrogen-bond donors (Lipinski definition) is 1. The predicted molar refractivity (Wildman–Crippen MR) is 107 cm³/mol. The summed E-state index contributed by atoms with van der Waals surface area (Å²) in [6.07, 6.45) is 2.49. The van der Waals surface area contributed by atoms with Crippen LogP contribution in [0.2, 0.25) is 5.02 Å². The largest absolute Gasteiger partial charge is 0.496 e. The van der Waals surface area contributed by atoms with Gasteiger partial charge in [-0.25, -0.2) is 13.8 Å². The van der Waals surface area contributed by atoms with Crippen LogP contribution in [0.5, 0.6) is 5.75 Å². The number of hydrazone groups is 1. The molecular weight excluding hydrogens is 402 g/mol. The number of nitrogens with one attached hydrogen (secondary N) is 1. The zero-order valence-electron chi connectivity index (χ0n) is 15.2. The molecule has 1 aliphatic rings. The van der Waals surface area contributed by atoms with Crippen molar-refractivity contribution in [1.82, 2.24) is 9.73 Å². The van der Waals surface area contributed by atoms with Crippen molar-refractivity contribution in [2.24, 2.45) is 5.10 Å². The maximum absolute atomic E-state index is 12.9. The van der Waals surface area contributed by atoms with Gasteiger partial charge in [-0.2, -0.15) is 9.41 Å². The quantitative estimate of drug-likeness (QED) is 0.573. The van der Waals surface area contributed by atoms with Gasteiger partial charge >= 0.3 is 0 Å². The number of amides is 1. The van der Waals surface area contributed by atoms with Gasteiger partial charge in [0.15, 0.2) is 0 Å². The van der Waals surface area contributed by atoms with Crippen molar-refractivity contribution >= 4 is 33.7 Å². The van der Waals surface area contributed by atoms with Crippen molar-refractivity contribution in [3.63, 3.8) is 0 Å². The maximum Gasteiger partial charge on any atom is 0.258 e. The Hall–Kier alpha value is -2.42. The first-order valence-corrected chi connectivity index (χ1v) is 10.5. The number of benzene rings is 2. The topological polar surface area (TPSA) is 88.1 Å². The van der Waals surface area contributed by atoms with Crippen molar-refractivity contribution in [1.29, 1.82) is 0 Å². The molecule has 1 aliphatic heterocycles. The molecule has 9 heteroatoms. The van der Waals surface area contributed by atoms with Crippen molar-refractivity contribution in [3.05, 3.63) is 59.1 Å². The molecule has 2 aromatic carbocycles. The number of carbonyl (C=O) groups is 1. The Balaban J connectivity index is 1.72. The number of sulfonamides is 1. The normalized spacial score (nSPS) is 17.7. The SMILES string of the molecule is COc1ccccc1/C=N\NC(=O)[C@H]1CCCN1S(=O)(=O)c1ccc(Cl)cc1. The van der Waals surface area contributed by atoms with E-state index in [-0.39, 0.29) is 11.4 Å². The lowest BCUT2D eigenvalue weighted by atomic mass is 10.2. The van der Waals surface area contributed by atoms with Crippen molar-refractivity contribution < 1.29 is 17.9 Å². The van der Waals surface area contributed by atoms with Crippen LogP contribution in [0.3, 0.4) is 0 Å². The summed E-state index contributed by atoms with van der Waals surface area (Å²) in [5, 5.41) is 4.40. The molecule has 2 aromatic rings. The van der Waals surface area contributed by atoms with E-state index in [4.69, 9.17) is 16.3 Å². The monoisotopic (exact) mass is 421 g/mol. The first-order chi connectivity index (χ1) is 13.4. The van der Waals surface area contributed by atoms with Gasteiger partial charge in [-0.05, 0) is 49.2 Å². The van der Waals surface area contributed by atoms with E-state index in [1.54, 1.807) is 19.2 Å². The summed E-state index contributed by atoms with van der Waals surface area (Å²) in [5.74, 6) is 0.148. The fourth-order valence-corrected chi connectivity index (χ4v) is 4.83. The van der Waals surface area contributed by atoms with E-state index in [1.807, 2.05) is 12.1 Å². The third-order valence-corrected chi connectivity index (χ3v) is 6.62. The fraction of sp³-hybridized carbons (Fsp3) is 0.263. The molecule has 28 heavy (non-hydrogen) atoms. The Kier molecular flexibility index (Phi) is 6.33. The number of methoxy groups -OCH3 is 1. The van der Waals surface area contributed by atoms with Gasteiger partial charge in [-0.1, -0.05) is 23.7 Å². The molecule has 1 N–H and O–H groups in total. The summed E-state index contributed by atoms with van der Waals surface area (Å²) >= 11 is 5.83. The molecule has 1 saturated heterocycles. The van der Waals surface area contributed by atoms with Gasteiger partial charge in [0.25, 0.3) is 5.91 Å². The molecule has 0 aliphatic carbocycles. The number of rotatable bonds is 6. The van der Waals surface area contributed by atoms with Crippen LogP contribution in [0.4, 0.5) is 0 Å². The first kappa shape index (κ1) is 20.3. The van der Waals surface area contributed by atoms with Crippen LogP contribution < -0.4 is 10.2 Å². The van der Waals surface area contributed by atoms with Gasteiger partial charge in [0.05, 0.1) is 18.2 Å². The Morgan fingerprint density at radius 1 is 1.25 bits per heavy atom. The number of carbonyl (C=O) groups excluding carboxylic acids is 1. The lowest BCUT2D eigenvalue weighted by molar-refractivity contribution is -0.124. The third-order valence-electron chi connectivity index (χ3n) is 4.44. The van der Waals surface area contributed by atoms with Crippen molar-refractivity contribution in [2.45, 2.75) is 23.8 Å². The van der Waals surface area contributed by atoms with E-state index in [9.17, 15) is 13.2 Å². The molecule has 3 rings (SSSR count). The minimum absolute atomic E-state index is 0.106. The second-order valence-corrected chi connectivity index (χ2v) is 8.53. The molecular formula is C19H20ClN3O4S. The molecule has 1 atom stereocenters. The molecule has 1 fully saturated rings. The van der Waals surface area contributed by atoms with Gasteiger partial charge in [0.1, 0.15) is 11.8 Å². The summed E-state index contributed by atoms with van der Waals surface area (Å²) in [6.45, 7) is 0.277. The molecule has 148 valence electrons. The highest BCUT2D eigenvalue weighted by Crippen LogP contribution is 2.27. The number of ether oxygens (including phenoxy) is 1. The van der Waals surface area contributed by atoms with Crippen LogP contribution >= 0.6 is 11.6 Å². The lowest BCUT2D eigenvalue weighted by Gasteiger charge is -2.22. The van der Waals surface area contributed by atoms with Crippen molar-refractivity contribution in [3.8, 4) is 5.75 Å².